The number of aliphatic hydroxyl groups excluding tert-OH is 1. The number of nitrogens with zero attached hydrogens (tertiary/aromatic N) is 1. The number of para-hydroxylation sites is 1. The number of carboxylic acids is 1. The SMILES string of the molecule is CCC(C)C(N)C(=O)N1CCCC1C(=O)NC(Cc1c[nH]c2ccccc12)C(=O)NC(C(=O)O)C(C)O. The van der Waals surface area contributed by atoms with Gasteiger partial charge in [0.15, 0.2) is 6.04 Å². The van der Waals surface area contributed by atoms with Crippen LogP contribution >= 0.6 is 0 Å². The zero-order valence-corrected chi connectivity index (χ0v) is 21.4. The van der Waals surface area contributed by atoms with E-state index in [-0.39, 0.29) is 18.2 Å². The first-order chi connectivity index (χ1) is 17.5. The highest BCUT2D eigenvalue weighted by Crippen LogP contribution is 2.22. The number of likely N-dealkylation sites (tertiary alicyclic amines) is 1. The van der Waals surface area contributed by atoms with Gasteiger partial charge in [-0.25, -0.2) is 4.79 Å². The van der Waals surface area contributed by atoms with E-state index in [4.69, 9.17) is 5.73 Å². The van der Waals surface area contributed by atoms with Crippen LogP contribution in [0.15, 0.2) is 30.5 Å². The highest BCUT2D eigenvalue weighted by atomic mass is 16.4. The van der Waals surface area contributed by atoms with E-state index in [0.29, 0.717) is 19.4 Å². The lowest BCUT2D eigenvalue weighted by molar-refractivity contribution is -0.145. The Morgan fingerprint density at radius 2 is 1.89 bits per heavy atom. The molecular formula is C26H37N5O6. The summed E-state index contributed by atoms with van der Waals surface area (Å²) in [5, 5.41) is 25.2. The fraction of sp³-hybridized carbons (Fsp3) is 0.538. The fourth-order valence-corrected chi connectivity index (χ4v) is 4.63. The average molecular weight is 516 g/mol. The molecule has 1 aliphatic heterocycles. The summed E-state index contributed by atoms with van der Waals surface area (Å²) in [6, 6.07) is 3.26. The fourth-order valence-electron chi connectivity index (χ4n) is 4.63. The van der Waals surface area contributed by atoms with Crippen molar-refractivity contribution in [2.75, 3.05) is 6.54 Å². The van der Waals surface area contributed by atoms with Gasteiger partial charge in [0.05, 0.1) is 12.1 Å². The van der Waals surface area contributed by atoms with Crippen LogP contribution in [0.5, 0.6) is 0 Å². The predicted octanol–water partition coefficient (Wildman–Crippen LogP) is 0.510. The van der Waals surface area contributed by atoms with Crippen LogP contribution < -0.4 is 16.4 Å². The Bertz CT molecular complexity index is 1130. The van der Waals surface area contributed by atoms with Crippen molar-refractivity contribution in [3.8, 4) is 0 Å². The summed E-state index contributed by atoms with van der Waals surface area (Å²) in [5.41, 5.74) is 7.75. The number of hydrogen-bond acceptors (Lipinski definition) is 6. The van der Waals surface area contributed by atoms with Crippen molar-refractivity contribution < 1.29 is 29.4 Å². The van der Waals surface area contributed by atoms with Crippen molar-refractivity contribution in [2.45, 2.75) is 76.7 Å². The second kappa shape index (κ2) is 12.2. The van der Waals surface area contributed by atoms with E-state index in [0.717, 1.165) is 22.9 Å². The molecule has 1 aromatic carbocycles. The maximum Gasteiger partial charge on any atom is 0.328 e. The second-order valence-corrected chi connectivity index (χ2v) is 9.79. The highest BCUT2D eigenvalue weighted by molar-refractivity contribution is 5.95. The standard InChI is InChI=1S/C26H37N5O6/c1-4-14(2)21(27)25(35)31-11-7-10-20(31)24(34)29-19(23(33)30-22(15(3)32)26(36)37)12-16-13-28-18-9-6-5-8-17(16)18/h5-6,8-9,13-15,19-22,28,32H,4,7,10-12,27H2,1-3H3,(H,29,34)(H,30,33)(H,36,37). The van der Waals surface area contributed by atoms with Gasteiger partial charge in [-0.1, -0.05) is 38.5 Å². The molecule has 6 atom stereocenters. The summed E-state index contributed by atoms with van der Waals surface area (Å²) in [6.45, 7) is 5.48. The highest BCUT2D eigenvalue weighted by Gasteiger charge is 2.39. The number of hydrogen-bond donors (Lipinski definition) is 6. The molecule has 2 heterocycles. The lowest BCUT2D eigenvalue weighted by Crippen LogP contribution is -2.58. The second-order valence-electron chi connectivity index (χ2n) is 9.79. The van der Waals surface area contributed by atoms with Gasteiger partial charge in [0.2, 0.25) is 17.7 Å². The maximum absolute atomic E-state index is 13.4. The Kier molecular flexibility index (Phi) is 9.28. The quantitative estimate of drug-likeness (QED) is 0.252. The zero-order valence-electron chi connectivity index (χ0n) is 21.4. The minimum atomic E-state index is -1.55. The van der Waals surface area contributed by atoms with E-state index >= 15 is 0 Å². The van der Waals surface area contributed by atoms with Crippen LogP contribution in [0, 0.1) is 5.92 Å². The molecule has 6 unspecified atom stereocenters. The molecule has 3 amide bonds. The Morgan fingerprint density at radius 3 is 2.54 bits per heavy atom. The molecule has 0 bridgehead atoms. The third-order valence-electron chi connectivity index (χ3n) is 7.16. The van der Waals surface area contributed by atoms with Crippen LogP contribution in [0.25, 0.3) is 10.9 Å². The summed E-state index contributed by atoms with van der Waals surface area (Å²) in [4.78, 5) is 55.8. The molecule has 0 aliphatic carbocycles. The Labute approximate surface area is 215 Å². The van der Waals surface area contributed by atoms with E-state index in [1.165, 1.54) is 11.8 Å². The van der Waals surface area contributed by atoms with Crippen molar-refractivity contribution in [1.29, 1.82) is 0 Å². The van der Waals surface area contributed by atoms with Crippen LogP contribution in [-0.4, -0.2) is 80.6 Å². The predicted molar refractivity (Wildman–Crippen MR) is 137 cm³/mol. The number of carbonyl (C=O) groups is 4. The minimum Gasteiger partial charge on any atom is -0.480 e. The number of nitrogens with one attached hydrogen (secondary N) is 3. The number of aliphatic hydroxyl groups is 1. The normalized spacial score (nSPS) is 19.6. The number of fused-ring (bicyclic) bond motifs is 1. The van der Waals surface area contributed by atoms with Gasteiger partial charge in [-0.05, 0) is 37.3 Å². The van der Waals surface area contributed by atoms with Crippen molar-refractivity contribution in [3.63, 3.8) is 0 Å². The Hall–Kier alpha value is -3.44. The van der Waals surface area contributed by atoms with Crippen molar-refractivity contribution >= 4 is 34.6 Å². The number of aliphatic carboxylic acids is 1. The first-order valence-corrected chi connectivity index (χ1v) is 12.7. The van der Waals surface area contributed by atoms with E-state index in [9.17, 15) is 29.4 Å². The molecule has 1 fully saturated rings. The van der Waals surface area contributed by atoms with Gasteiger partial charge in [0, 0.05) is 30.1 Å². The van der Waals surface area contributed by atoms with E-state index in [1.54, 1.807) is 6.20 Å². The zero-order chi connectivity index (χ0) is 27.3. The van der Waals surface area contributed by atoms with Crippen molar-refractivity contribution in [3.05, 3.63) is 36.0 Å². The molecule has 1 saturated heterocycles. The maximum atomic E-state index is 13.4. The molecule has 0 saturated carbocycles. The largest absolute Gasteiger partial charge is 0.480 e. The number of aromatic nitrogens is 1. The van der Waals surface area contributed by atoms with Gasteiger partial charge in [0.25, 0.3) is 0 Å². The van der Waals surface area contributed by atoms with Crippen LogP contribution in [0.2, 0.25) is 0 Å². The lowest BCUT2D eigenvalue weighted by Gasteiger charge is -2.30. The van der Waals surface area contributed by atoms with Gasteiger partial charge < -0.3 is 36.5 Å². The van der Waals surface area contributed by atoms with Crippen molar-refractivity contribution in [1.82, 2.24) is 20.5 Å². The van der Waals surface area contributed by atoms with E-state index in [1.807, 2.05) is 38.1 Å². The molecule has 11 nitrogen and oxygen atoms in total. The minimum absolute atomic E-state index is 0.0503. The van der Waals surface area contributed by atoms with Gasteiger partial charge in [0.1, 0.15) is 12.1 Å². The molecule has 37 heavy (non-hydrogen) atoms. The number of amides is 3. The summed E-state index contributed by atoms with van der Waals surface area (Å²) in [6.07, 6.45) is 2.23. The molecule has 202 valence electrons. The molecule has 2 aromatic rings. The van der Waals surface area contributed by atoms with Gasteiger partial charge >= 0.3 is 5.97 Å². The van der Waals surface area contributed by atoms with Gasteiger partial charge in [-0.3, -0.25) is 14.4 Å². The van der Waals surface area contributed by atoms with E-state index in [2.05, 4.69) is 15.6 Å². The third-order valence-corrected chi connectivity index (χ3v) is 7.16. The molecule has 7 N–H and O–H groups in total. The van der Waals surface area contributed by atoms with Crippen LogP contribution in [0.1, 0.15) is 45.6 Å². The molecule has 11 heteroatoms. The smallest absolute Gasteiger partial charge is 0.328 e. The Morgan fingerprint density at radius 1 is 1.19 bits per heavy atom. The number of H-pyrrole nitrogens is 1. The number of nitrogens with two attached hydrogens (primary N) is 1. The first kappa shape index (κ1) is 28.1. The molecule has 3 rings (SSSR count). The monoisotopic (exact) mass is 515 g/mol. The Balaban J connectivity index is 1.84. The summed E-state index contributed by atoms with van der Waals surface area (Å²) in [7, 11) is 0. The summed E-state index contributed by atoms with van der Waals surface area (Å²) >= 11 is 0. The molecule has 0 spiro atoms. The topological polar surface area (TPSA) is 178 Å². The van der Waals surface area contributed by atoms with Crippen LogP contribution in [0.3, 0.4) is 0 Å². The van der Waals surface area contributed by atoms with Crippen molar-refractivity contribution in [2.24, 2.45) is 11.7 Å². The average Bonchev–Trinajstić information content (AvgIpc) is 3.52. The van der Waals surface area contributed by atoms with Crippen LogP contribution in [-0.2, 0) is 25.6 Å². The van der Waals surface area contributed by atoms with Gasteiger partial charge in [-0.2, -0.15) is 0 Å². The molecular weight excluding hydrogens is 478 g/mol. The van der Waals surface area contributed by atoms with Crippen LogP contribution in [0.4, 0.5) is 0 Å². The number of rotatable bonds is 11. The van der Waals surface area contributed by atoms with Gasteiger partial charge in [-0.15, -0.1) is 0 Å². The van der Waals surface area contributed by atoms with E-state index < -0.39 is 48.1 Å². The molecule has 0 radical (unpaired) electrons. The number of aromatic amines is 1. The summed E-state index contributed by atoms with van der Waals surface area (Å²) < 4.78 is 0. The number of carbonyl (C=O) groups excluding carboxylic acids is 3. The first-order valence-electron chi connectivity index (χ1n) is 12.7. The number of benzene rings is 1. The number of carboxylic acid groups (broad SMARTS) is 1. The summed E-state index contributed by atoms with van der Waals surface area (Å²) in [5.74, 6) is -3.01. The third kappa shape index (κ3) is 6.47. The molecule has 1 aromatic heterocycles. The molecule has 1 aliphatic rings. The lowest BCUT2D eigenvalue weighted by atomic mass is 9.98.